The number of thiophene rings is 1. The van der Waals surface area contributed by atoms with Crippen molar-refractivity contribution in [3.05, 3.63) is 53.5 Å². The highest BCUT2D eigenvalue weighted by Crippen LogP contribution is 2.32. The summed E-state index contributed by atoms with van der Waals surface area (Å²) >= 11 is 1.54. The van der Waals surface area contributed by atoms with Crippen LogP contribution in [0.15, 0.2) is 48.7 Å². The van der Waals surface area contributed by atoms with E-state index in [1.807, 2.05) is 29.3 Å². The molecule has 1 amide bonds. The summed E-state index contributed by atoms with van der Waals surface area (Å²) in [7, 11) is 2.17. The van der Waals surface area contributed by atoms with Gasteiger partial charge in [0.05, 0.1) is 10.4 Å². The van der Waals surface area contributed by atoms with E-state index in [-0.39, 0.29) is 5.91 Å². The van der Waals surface area contributed by atoms with Crippen LogP contribution < -0.4 is 15.5 Å². The molecule has 2 N–H and O–H groups in total. The van der Waals surface area contributed by atoms with E-state index in [4.69, 9.17) is 4.98 Å². The summed E-state index contributed by atoms with van der Waals surface area (Å²) in [6.07, 6.45) is 1.85. The Labute approximate surface area is 208 Å². The van der Waals surface area contributed by atoms with Crippen LogP contribution in [0.3, 0.4) is 0 Å². The molecule has 0 bridgehead atoms. The first-order chi connectivity index (χ1) is 17.1. The Balaban J connectivity index is 1.28. The lowest BCUT2D eigenvalue weighted by Crippen LogP contribution is -2.46. The van der Waals surface area contributed by atoms with Crippen LogP contribution >= 0.6 is 11.3 Å². The van der Waals surface area contributed by atoms with E-state index >= 15 is 0 Å². The number of fused-ring (bicyclic) bond motifs is 3. The molecule has 2 aliphatic heterocycles. The minimum atomic E-state index is 0.106. The topological polar surface area (TPSA) is 76.6 Å². The second-order valence-electron chi connectivity index (χ2n) is 9.23. The summed E-state index contributed by atoms with van der Waals surface area (Å²) in [6, 6.07) is 14.5. The first kappa shape index (κ1) is 22.2. The molecule has 180 valence electrons. The van der Waals surface area contributed by atoms with Gasteiger partial charge in [-0.15, -0.1) is 11.3 Å². The lowest BCUT2D eigenvalue weighted by atomic mass is 10.1. The number of amides is 1. The Morgan fingerprint density at radius 3 is 2.69 bits per heavy atom. The largest absolute Gasteiger partial charge is 0.369 e. The van der Waals surface area contributed by atoms with Crippen LogP contribution in [-0.4, -0.2) is 85.1 Å². The lowest BCUT2D eigenvalue weighted by molar-refractivity contribution is 0.0741. The van der Waals surface area contributed by atoms with Crippen molar-refractivity contribution in [3.8, 4) is 0 Å². The van der Waals surface area contributed by atoms with Gasteiger partial charge in [0.1, 0.15) is 0 Å². The number of nitrogens with zero attached hydrogens (tertiary/aromatic N) is 5. The zero-order valence-corrected chi connectivity index (χ0v) is 20.6. The fraction of sp³-hybridized carbons (Fsp3) is 0.346. The van der Waals surface area contributed by atoms with Crippen molar-refractivity contribution in [3.63, 3.8) is 0 Å². The molecular formula is C26H29N7OS. The van der Waals surface area contributed by atoms with Crippen molar-refractivity contribution in [2.45, 2.75) is 0 Å². The van der Waals surface area contributed by atoms with Gasteiger partial charge in [-0.25, -0.2) is 9.97 Å². The van der Waals surface area contributed by atoms with Crippen molar-refractivity contribution in [1.29, 1.82) is 0 Å². The molecule has 35 heavy (non-hydrogen) atoms. The van der Waals surface area contributed by atoms with Gasteiger partial charge in [-0.3, -0.25) is 4.79 Å². The Bertz CT molecular complexity index is 1370. The number of rotatable bonds is 4. The Morgan fingerprint density at radius 1 is 1.03 bits per heavy atom. The summed E-state index contributed by atoms with van der Waals surface area (Å²) in [5, 5.41) is 8.66. The van der Waals surface area contributed by atoms with Gasteiger partial charge in [-0.1, -0.05) is 6.07 Å². The van der Waals surface area contributed by atoms with Crippen molar-refractivity contribution >= 4 is 55.6 Å². The quantitative estimate of drug-likeness (QED) is 0.457. The van der Waals surface area contributed by atoms with E-state index in [1.165, 1.54) is 5.69 Å². The number of hydrogen-bond donors (Lipinski definition) is 2. The number of aromatic nitrogens is 2. The van der Waals surface area contributed by atoms with Gasteiger partial charge in [0, 0.05) is 85.4 Å². The molecule has 0 unspecified atom stereocenters. The molecule has 0 spiro atoms. The number of benzene rings is 2. The molecule has 0 saturated carbocycles. The second-order valence-corrected chi connectivity index (χ2v) is 10.3. The minimum absolute atomic E-state index is 0.106. The highest BCUT2D eigenvalue weighted by Gasteiger charge is 2.21. The molecule has 2 aromatic carbocycles. The zero-order chi connectivity index (χ0) is 23.8. The predicted molar refractivity (Wildman–Crippen MR) is 143 cm³/mol. The number of likely N-dealkylation sites (N-methyl/N-ethyl adjacent to an activating group) is 1. The maximum atomic E-state index is 13.1. The van der Waals surface area contributed by atoms with Crippen LogP contribution in [-0.2, 0) is 0 Å². The Kier molecular flexibility index (Phi) is 5.97. The average Bonchev–Trinajstić information content (AvgIpc) is 3.34. The van der Waals surface area contributed by atoms with Crippen LogP contribution in [0.4, 0.5) is 17.3 Å². The third-order valence-electron chi connectivity index (χ3n) is 6.83. The summed E-state index contributed by atoms with van der Waals surface area (Å²) in [5.74, 6) is 0.663. The molecule has 0 atom stereocenters. The van der Waals surface area contributed by atoms with Crippen LogP contribution in [0, 0.1) is 0 Å². The number of carbonyl (C=O) groups excluding carboxylic acids is 1. The molecule has 4 heterocycles. The van der Waals surface area contributed by atoms with Crippen molar-refractivity contribution < 1.29 is 4.79 Å². The average molecular weight is 488 g/mol. The molecule has 8 nitrogen and oxygen atoms in total. The van der Waals surface area contributed by atoms with E-state index in [9.17, 15) is 4.79 Å². The van der Waals surface area contributed by atoms with E-state index in [0.717, 1.165) is 83.9 Å². The van der Waals surface area contributed by atoms with Gasteiger partial charge in [-0.2, -0.15) is 0 Å². The summed E-state index contributed by atoms with van der Waals surface area (Å²) in [4.78, 5) is 29.9. The minimum Gasteiger partial charge on any atom is -0.369 e. The van der Waals surface area contributed by atoms with E-state index in [2.05, 4.69) is 56.7 Å². The van der Waals surface area contributed by atoms with E-state index in [0.29, 0.717) is 5.95 Å². The predicted octanol–water partition coefficient (Wildman–Crippen LogP) is 3.39. The second kappa shape index (κ2) is 9.41. The monoisotopic (exact) mass is 487 g/mol. The molecular weight excluding hydrogens is 458 g/mol. The van der Waals surface area contributed by atoms with Gasteiger partial charge in [0.2, 0.25) is 5.95 Å². The van der Waals surface area contributed by atoms with E-state index in [1.54, 1.807) is 11.3 Å². The number of hydrogen-bond acceptors (Lipinski definition) is 8. The highest BCUT2D eigenvalue weighted by molar-refractivity contribution is 7.21. The third kappa shape index (κ3) is 4.54. The number of piperazine rings is 2. The lowest BCUT2D eigenvalue weighted by Gasteiger charge is -2.34. The van der Waals surface area contributed by atoms with Crippen LogP contribution in [0.2, 0.25) is 0 Å². The third-order valence-corrected chi connectivity index (χ3v) is 7.92. The number of anilines is 3. The molecule has 2 aromatic heterocycles. The SMILES string of the molecule is CN1CCN(c2cccc(Nc3ncc4ccc5sc(C(=O)N6CCNCC6)cc5c4n3)c2)CC1. The van der Waals surface area contributed by atoms with Gasteiger partial charge in [-0.05, 0) is 43.4 Å². The van der Waals surface area contributed by atoms with Gasteiger partial charge in [0.15, 0.2) is 0 Å². The molecule has 9 heteroatoms. The summed E-state index contributed by atoms with van der Waals surface area (Å²) in [5.41, 5.74) is 3.04. The summed E-state index contributed by atoms with van der Waals surface area (Å²) < 4.78 is 1.07. The van der Waals surface area contributed by atoms with Crippen LogP contribution in [0.1, 0.15) is 9.67 Å². The molecule has 2 aliphatic rings. The number of nitrogens with one attached hydrogen (secondary N) is 2. The first-order valence-corrected chi connectivity index (χ1v) is 13.0. The van der Waals surface area contributed by atoms with Gasteiger partial charge >= 0.3 is 0 Å². The molecule has 6 rings (SSSR count). The van der Waals surface area contributed by atoms with Crippen LogP contribution in [0.25, 0.3) is 21.0 Å². The number of carbonyl (C=O) groups is 1. The van der Waals surface area contributed by atoms with E-state index < -0.39 is 0 Å². The fourth-order valence-electron chi connectivity index (χ4n) is 4.77. The van der Waals surface area contributed by atoms with Gasteiger partial charge in [0.25, 0.3) is 5.91 Å². The zero-order valence-electron chi connectivity index (χ0n) is 19.8. The molecule has 2 fully saturated rings. The van der Waals surface area contributed by atoms with Crippen molar-refractivity contribution in [2.24, 2.45) is 0 Å². The van der Waals surface area contributed by atoms with Crippen LogP contribution in [0.5, 0.6) is 0 Å². The molecule has 0 aliphatic carbocycles. The van der Waals surface area contributed by atoms with Gasteiger partial charge < -0.3 is 25.3 Å². The Morgan fingerprint density at radius 2 is 1.86 bits per heavy atom. The first-order valence-electron chi connectivity index (χ1n) is 12.1. The Hall–Kier alpha value is -3.27. The normalized spacial score (nSPS) is 17.3. The maximum absolute atomic E-state index is 13.1. The maximum Gasteiger partial charge on any atom is 0.264 e. The highest BCUT2D eigenvalue weighted by atomic mass is 32.1. The molecule has 4 aromatic rings. The van der Waals surface area contributed by atoms with Crippen molar-refractivity contribution in [1.82, 2.24) is 25.1 Å². The molecule has 2 saturated heterocycles. The summed E-state index contributed by atoms with van der Waals surface area (Å²) in [6.45, 7) is 7.38. The van der Waals surface area contributed by atoms with Crippen molar-refractivity contribution in [2.75, 3.05) is 69.6 Å². The standard InChI is InChI=1S/C26H29N7OS/c1-31-11-13-32(14-12-31)20-4-2-3-19(15-20)29-26-28-17-18-5-6-22-21(24(18)30-26)16-23(35-22)25(34)33-9-7-27-8-10-33/h2-6,15-17,27H,7-14H2,1H3,(H,28,29,30). The fourth-order valence-corrected chi connectivity index (χ4v) is 5.80. The smallest absolute Gasteiger partial charge is 0.264 e. The molecule has 0 radical (unpaired) electrons.